The van der Waals surface area contributed by atoms with Crippen molar-refractivity contribution in [2.24, 2.45) is 0 Å². The molecule has 0 aromatic heterocycles. The zero-order chi connectivity index (χ0) is 5.11. The first-order valence-corrected chi connectivity index (χ1v) is 2.71. The van der Waals surface area contributed by atoms with Gasteiger partial charge in [0.1, 0.15) is 0 Å². The maximum absolute atomic E-state index is 4.92. The van der Waals surface area contributed by atoms with E-state index in [4.69, 9.17) is 4.74 Å². The monoisotopic (exact) mass is 98.1 g/mol. The van der Waals surface area contributed by atoms with Gasteiger partial charge in [0.05, 0.1) is 12.7 Å². The molecule has 0 aliphatic carbocycles. The fraction of sp³-hybridized carbons (Fsp3) is 0.667. The van der Waals surface area contributed by atoms with E-state index >= 15 is 0 Å². The molecule has 1 rings (SSSR count). The minimum atomic E-state index is 0.472. The van der Waals surface area contributed by atoms with Crippen molar-refractivity contribution in [2.45, 2.75) is 19.4 Å². The van der Waals surface area contributed by atoms with Crippen LogP contribution in [0.2, 0.25) is 0 Å². The molecule has 7 heavy (non-hydrogen) atoms. The molecule has 1 nitrogen and oxygen atoms in total. The van der Waals surface area contributed by atoms with Gasteiger partial charge < -0.3 is 4.74 Å². The van der Waals surface area contributed by atoms with Gasteiger partial charge in [0.2, 0.25) is 0 Å². The lowest BCUT2D eigenvalue weighted by atomic mass is 10.3. The summed E-state index contributed by atoms with van der Waals surface area (Å²) < 4.78 is 4.92. The topological polar surface area (TPSA) is 12.5 Å². The first-order valence-electron chi connectivity index (χ1n) is 2.71. The number of epoxide rings is 1. The summed E-state index contributed by atoms with van der Waals surface area (Å²) in [6, 6.07) is 0. The van der Waals surface area contributed by atoms with Gasteiger partial charge in [0.25, 0.3) is 0 Å². The highest BCUT2D eigenvalue weighted by Gasteiger charge is 2.17. The Hall–Kier alpha value is -0.300. The van der Waals surface area contributed by atoms with Crippen LogP contribution in [-0.2, 0) is 4.74 Å². The fourth-order valence-corrected chi connectivity index (χ4v) is 0.455. The number of ether oxygens (including phenoxy) is 1. The second-order valence-corrected chi connectivity index (χ2v) is 1.71. The molecule has 40 valence electrons. The zero-order valence-corrected chi connectivity index (χ0v) is 4.55. The molecule has 0 aromatic rings. The van der Waals surface area contributed by atoms with Gasteiger partial charge in [-0.05, 0) is 6.42 Å². The smallest absolute Gasteiger partial charge is 0.0991 e. The van der Waals surface area contributed by atoms with Gasteiger partial charge in [-0.1, -0.05) is 19.1 Å². The van der Waals surface area contributed by atoms with Crippen molar-refractivity contribution in [1.82, 2.24) is 0 Å². The Morgan fingerprint density at radius 3 is 3.00 bits per heavy atom. The highest BCUT2D eigenvalue weighted by atomic mass is 16.6. The summed E-state index contributed by atoms with van der Waals surface area (Å²) in [5.41, 5.74) is 0. The summed E-state index contributed by atoms with van der Waals surface area (Å²) in [7, 11) is 0. The van der Waals surface area contributed by atoms with E-state index in [2.05, 4.69) is 19.1 Å². The van der Waals surface area contributed by atoms with Crippen molar-refractivity contribution >= 4 is 0 Å². The zero-order valence-electron chi connectivity index (χ0n) is 4.55. The molecule has 1 heteroatoms. The molecule has 0 aromatic carbocycles. The number of hydrogen-bond donors (Lipinski definition) is 0. The quantitative estimate of drug-likeness (QED) is 0.375. The largest absolute Gasteiger partial charge is 0.369 e. The second kappa shape index (κ2) is 2.12. The summed E-state index contributed by atoms with van der Waals surface area (Å²) in [4.78, 5) is 0. The Morgan fingerprint density at radius 2 is 2.57 bits per heavy atom. The van der Waals surface area contributed by atoms with Crippen molar-refractivity contribution < 1.29 is 4.74 Å². The van der Waals surface area contributed by atoms with Crippen LogP contribution in [0, 0.1) is 0 Å². The highest BCUT2D eigenvalue weighted by Crippen LogP contribution is 2.09. The van der Waals surface area contributed by atoms with Crippen LogP contribution in [0.1, 0.15) is 13.3 Å². The van der Waals surface area contributed by atoms with E-state index in [-0.39, 0.29) is 0 Å². The molecule has 1 aliphatic rings. The minimum Gasteiger partial charge on any atom is -0.369 e. The molecular formula is C6H10O. The summed E-state index contributed by atoms with van der Waals surface area (Å²) >= 11 is 0. The molecule has 0 saturated carbocycles. The molecule has 0 amide bonds. The van der Waals surface area contributed by atoms with E-state index in [1.165, 1.54) is 0 Å². The van der Waals surface area contributed by atoms with Crippen LogP contribution in [0.25, 0.3) is 0 Å². The molecule has 0 unspecified atom stereocenters. The van der Waals surface area contributed by atoms with Gasteiger partial charge in [0, 0.05) is 0 Å². The maximum Gasteiger partial charge on any atom is 0.0991 e. The molecule has 0 radical (unpaired) electrons. The van der Waals surface area contributed by atoms with Gasteiger partial charge in [-0.15, -0.1) is 0 Å². The van der Waals surface area contributed by atoms with Crippen LogP contribution in [0.4, 0.5) is 0 Å². The van der Waals surface area contributed by atoms with E-state index in [0.717, 1.165) is 13.0 Å². The predicted molar refractivity (Wildman–Crippen MR) is 29.2 cm³/mol. The Balaban J connectivity index is 2.05. The van der Waals surface area contributed by atoms with Gasteiger partial charge in [-0.25, -0.2) is 0 Å². The van der Waals surface area contributed by atoms with E-state index < -0.39 is 0 Å². The van der Waals surface area contributed by atoms with Crippen LogP contribution in [0.15, 0.2) is 12.2 Å². The van der Waals surface area contributed by atoms with Crippen molar-refractivity contribution in [3.05, 3.63) is 12.2 Å². The third kappa shape index (κ3) is 1.74. The van der Waals surface area contributed by atoms with Crippen LogP contribution >= 0.6 is 0 Å². The average molecular weight is 98.1 g/mol. The molecule has 1 aliphatic heterocycles. The average Bonchev–Trinajstić information content (AvgIpc) is 2.42. The summed E-state index contributed by atoms with van der Waals surface area (Å²) in [5.74, 6) is 0. The minimum absolute atomic E-state index is 0.472. The highest BCUT2D eigenvalue weighted by molar-refractivity contribution is 4.94. The lowest BCUT2D eigenvalue weighted by Crippen LogP contribution is -1.70. The number of allylic oxidation sites excluding steroid dienone is 1. The molecule has 1 atom stereocenters. The van der Waals surface area contributed by atoms with Crippen molar-refractivity contribution in [2.75, 3.05) is 6.61 Å². The van der Waals surface area contributed by atoms with E-state index in [1.54, 1.807) is 0 Å². The summed E-state index contributed by atoms with van der Waals surface area (Å²) in [5, 5.41) is 0. The summed E-state index contributed by atoms with van der Waals surface area (Å²) in [6.45, 7) is 3.06. The van der Waals surface area contributed by atoms with Crippen molar-refractivity contribution in [3.8, 4) is 0 Å². The normalized spacial score (nSPS) is 29.0. The Bertz CT molecular complexity index is 72.2. The third-order valence-corrected chi connectivity index (χ3v) is 0.946. The van der Waals surface area contributed by atoms with Crippen LogP contribution < -0.4 is 0 Å². The molecular weight excluding hydrogens is 88.1 g/mol. The first-order chi connectivity index (χ1) is 3.43. The fourth-order valence-electron chi connectivity index (χ4n) is 0.455. The molecule has 1 saturated heterocycles. The number of hydrogen-bond acceptors (Lipinski definition) is 1. The molecule has 0 N–H and O–H groups in total. The maximum atomic E-state index is 4.92. The lowest BCUT2D eigenvalue weighted by molar-refractivity contribution is 0.440. The standard InChI is InChI=1S/C6H10O/c1-2-3-4-6-5-7-6/h3-4,6H,2,5H2,1H3/t6-/m1/s1. The lowest BCUT2D eigenvalue weighted by Gasteiger charge is -1.73. The Labute approximate surface area is 44.0 Å². The second-order valence-electron chi connectivity index (χ2n) is 1.71. The first kappa shape index (κ1) is 4.85. The third-order valence-electron chi connectivity index (χ3n) is 0.946. The SMILES string of the molecule is CCC=C[C@@H]1CO1. The van der Waals surface area contributed by atoms with Gasteiger partial charge in [-0.2, -0.15) is 0 Å². The number of rotatable bonds is 2. The van der Waals surface area contributed by atoms with Gasteiger partial charge >= 0.3 is 0 Å². The van der Waals surface area contributed by atoms with E-state index in [9.17, 15) is 0 Å². The van der Waals surface area contributed by atoms with Crippen molar-refractivity contribution in [1.29, 1.82) is 0 Å². The van der Waals surface area contributed by atoms with Crippen LogP contribution in [0.3, 0.4) is 0 Å². The Kier molecular flexibility index (Phi) is 1.47. The Morgan fingerprint density at radius 1 is 1.86 bits per heavy atom. The van der Waals surface area contributed by atoms with Gasteiger partial charge in [0.15, 0.2) is 0 Å². The van der Waals surface area contributed by atoms with Gasteiger partial charge in [-0.3, -0.25) is 0 Å². The molecule has 1 heterocycles. The summed E-state index contributed by atoms with van der Waals surface area (Å²) in [6.07, 6.45) is 5.84. The molecule has 0 bridgehead atoms. The van der Waals surface area contributed by atoms with E-state index in [1.807, 2.05) is 0 Å². The molecule has 1 fully saturated rings. The predicted octanol–water partition coefficient (Wildman–Crippen LogP) is 1.35. The molecule has 0 spiro atoms. The van der Waals surface area contributed by atoms with Crippen molar-refractivity contribution in [3.63, 3.8) is 0 Å². The van der Waals surface area contributed by atoms with Crippen LogP contribution in [0.5, 0.6) is 0 Å². The van der Waals surface area contributed by atoms with E-state index in [0.29, 0.717) is 6.10 Å². The van der Waals surface area contributed by atoms with Crippen LogP contribution in [-0.4, -0.2) is 12.7 Å².